The number of hydrogen-bond acceptors (Lipinski definition) is 3. The third-order valence-corrected chi connectivity index (χ3v) is 4.60. The molecule has 0 heterocycles. The summed E-state index contributed by atoms with van der Waals surface area (Å²) in [5, 5.41) is 25.2. The molecule has 0 aromatic heterocycles. The van der Waals surface area contributed by atoms with Crippen molar-refractivity contribution in [2.75, 3.05) is 0 Å². The third kappa shape index (κ3) is 14.8. The maximum Gasteiger partial charge on any atom is 0.335 e. The van der Waals surface area contributed by atoms with Crippen molar-refractivity contribution in [1.82, 2.24) is 0 Å². The predicted octanol–water partition coefficient (Wildman–Crippen LogP) is 5.53. The number of unbranched alkanes of at least 4 members (excludes halogenated alkanes) is 1. The summed E-state index contributed by atoms with van der Waals surface area (Å²) in [5.74, 6) is -2.64. The van der Waals surface area contributed by atoms with E-state index < -0.39 is 17.9 Å². The molecule has 3 aromatic carbocycles. The van der Waals surface area contributed by atoms with Crippen molar-refractivity contribution in [2.24, 2.45) is 0 Å². The van der Waals surface area contributed by atoms with Crippen LogP contribution < -0.4 is 0 Å². The Morgan fingerprint density at radius 3 is 0.938 bits per heavy atom. The molecule has 6 nitrogen and oxygen atoms in total. The topological polar surface area (TPSA) is 112 Å². The Hall–Kier alpha value is -3.13. The average molecular weight is 542 g/mol. The molecule has 0 saturated carbocycles. The van der Waals surface area contributed by atoms with Crippen LogP contribution in [-0.4, -0.2) is 55.8 Å². The Morgan fingerprint density at radius 1 is 0.594 bits per heavy atom. The smallest absolute Gasteiger partial charge is 0.335 e. The molecule has 0 aliphatic carbocycles. The summed E-state index contributed by atoms with van der Waals surface area (Å²) in [4.78, 5) is 30.6. The summed E-state index contributed by atoms with van der Waals surface area (Å²) in [6, 6.07) is 24.9. The number of carboxylic acids is 3. The molecule has 0 spiro atoms. The van der Waals surface area contributed by atoms with Gasteiger partial charge in [0.25, 0.3) is 0 Å². The van der Waals surface area contributed by atoms with Gasteiger partial charge in [-0.1, -0.05) is 54.6 Å². The van der Waals surface area contributed by atoms with Crippen LogP contribution in [0.3, 0.4) is 0 Å². The Bertz CT molecular complexity index is 780. The second kappa shape index (κ2) is 18.6. The molecule has 32 heavy (non-hydrogen) atoms. The van der Waals surface area contributed by atoms with Crippen LogP contribution in [0.2, 0.25) is 4.44 Å². The number of hydrogen-bond donors (Lipinski definition) is 3. The van der Waals surface area contributed by atoms with Crippen molar-refractivity contribution in [3.05, 3.63) is 108 Å². The minimum atomic E-state index is -0.879. The van der Waals surface area contributed by atoms with Crippen LogP contribution in [0.5, 0.6) is 0 Å². The third-order valence-electron chi connectivity index (χ3n) is 3.59. The van der Waals surface area contributed by atoms with Crippen molar-refractivity contribution in [1.29, 1.82) is 0 Å². The minimum Gasteiger partial charge on any atom is -0.478 e. The second-order valence-corrected chi connectivity index (χ2v) is 7.54. The first-order valence-corrected chi connectivity index (χ1v) is 11.8. The fourth-order valence-corrected chi connectivity index (χ4v) is 2.93. The normalized spacial score (nSPS) is 8.81. The van der Waals surface area contributed by atoms with E-state index in [1.807, 2.05) is 0 Å². The van der Waals surface area contributed by atoms with Crippen LogP contribution in [-0.2, 0) is 0 Å². The summed E-state index contributed by atoms with van der Waals surface area (Å²) >= 11 is 1.68. The number of carbonyl (C=O) groups is 3. The Balaban J connectivity index is 0.000000410. The molecule has 3 aromatic rings. The van der Waals surface area contributed by atoms with Gasteiger partial charge in [-0.15, -0.1) is 0 Å². The summed E-state index contributed by atoms with van der Waals surface area (Å²) in [6.45, 7) is 2.23. The molecule has 0 bridgehead atoms. The molecule has 0 amide bonds. The first-order valence-electron chi connectivity index (χ1n) is 9.83. The van der Waals surface area contributed by atoms with E-state index in [1.165, 1.54) is 17.3 Å². The Morgan fingerprint density at radius 2 is 0.844 bits per heavy atom. The van der Waals surface area contributed by atoms with Crippen molar-refractivity contribution in [3.63, 3.8) is 0 Å². The van der Waals surface area contributed by atoms with E-state index in [4.69, 9.17) is 15.3 Å². The zero-order valence-electron chi connectivity index (χ0n) is 17.8. The summed E-state index contributed by atoms with van der Waals surface area (Å²) < 4.78 is 1.43. The van der Waals surface area contributed by atoms with Gasteiger partial charge >= 0.3 is 64.6 Å². The average Bonchev–Trinajstić information content (AvgIpc) is 2.82. The fraction of sp³-hybridized carbons (Fsp3) is 0.160. The zero-order valence-corrected chi connectivity index (χ0v) is 20.7. The largest absolute Gasteiger partial charge is 0.478 e. The molecule has 3 rings (SSSR count). The molecule has 0 atom stereocenters. The van der Waals surface area contributed by atoms with Gasteiger partial charge in [-0.05, 0) is 36.4 Å². The van der Waals surface area contributed by atoms with Crippen LogP contribution in [0.1, 0.15) is 50.8 Å². The Kier molecular flexibility index (Phi) is 16.8. The standard InChI is InChI=1S/3C7H6O2.C4H9.Sn/c3*8-7(9)6-4-2-1-3-5-6;1-3-4-2;/h3*1-5H,(H,8,9);1,3-4H2,2H3;. The monoisotopic (exact) mass is 543 g/mol. The quantitative estimate of drug-likeness (QED) is 0.366. The first kappa shape index (κ1) is 28.9. The fourth-order valence-electron chi connectivity index (χ4n) is 1.92. The van der Waals surface area contributed by atoms with Gasteiger partial charge < -0.3 is 15.3 Å². The maximum atomic E-state index is 10.2. The van der Waals surface area contributed by atoms with Gasteiger partial charge in [-0.3, -0.25) is 0 Å². The van der Waals surface area contributed by atoms with Gasteiger partial charge in [-0.25, -0.2) is 14.4 Å². The van der Waals surface area contributed by atoms with Crippen LogP contribution in [0.15, 0.2) is 91.0 Å². The van der Waals surface area contributed by atoms with E-state index in [1.54, 1.807) is 114 Å². The van der Waals surface area contributed by atoms with E-state index in [9.17, 15) is 14.4 Å². The van der Waals surface area contributed by atoms with Crippen molar-refractivity contribution in [3.8, 4) is 0 Å². The molecule has 0 fully saturated rings. The molecule has 0 unspecified atom stereocenters. The van der Waals surface area contributed by atoms with Crippen LogP contribution in [0, 0.1) is 0 Å². The SMILES string of the molecule is CCC[CH2][Sn].O=C(O)c1ccccc1.O=C(O)c1ccccc1.O=C(O)c1ccccc1. The summed E-state index contributed by atoms with van der Waals surface area (Å²) in [6.07, 6.45) is 2.80. The summed E-state index contributed by atoms with van der Waals surface area (Å²) in [5.41, 5.74) is 0.993. The van der Waals surface area contributed by atoms with Gasteiger partial charge in [0.15, 0.2) is 0 Å². The first-order chi connectivity index (χ1) is 15.3. The van der Waals surface area contributed by atoms with Crippen LogP contribution in [0.4, 0.5) is 0 Å². The molecule has 3 radical (unpaired) electrons. The number of aromatic carboxylic acids is 3. The minimum absolute atomic E-state index is 0.331. The van der Waals surface area contributed by atoms with E-state index in [2.05, 4.69) is 6.92 Å². The molecule has 7 heteroatoms. The van der Waals surface area contributed by atoms with Gasteiger partial charge in [0.2, 0.25) is 0 Å². The zero-order chi connectivity index (χ0) is 24.2. The molecule has 167 valence electrons. The van der Waals surface area contributed by atoms with Crippen molar-refractivity contribution < 1.29 is 29.7 Å². The molecule has 3 N–H and O–H groups in total. The van der Waals surface area contributed by atoms with Crippen LogP contribution in [0.25, 0.3) is 0 Å². The van der Waals surface area contributed by atoms with Crippen molar-refractivity contribution in [2.45, 2.75) is 24.2 Å². The van der Waals surface area contributed by atoms with E-state index in [0.717, 1.165) is 0 Å². The van der Waals surface area contributed by atoms with Gasteiger partial charge in [0.1, 0.15) is 0 Å². The number of benzene rings is 3. The molecule has 0 saturated heterocycles. The molecule has 0 aliphatic heterocycles. The van der Waals surface area contributed by atoms with E-state index in [0.29, 0.717) is 16.7 Å². The van der Waals surface area contributed by atoms with Crippen LogP contribution >= 0.6 is 0 Å². The predicted molar refractivity (Wildman–Crippen MR) is 126 cm³/mol. The number of rotatable bonds is 5. The van der Waals surface area contributed by atoms with Gasteiger partial charge in [-0.2, -0.15) is 0 Å². The van der Waals surface area contributed by atoms with Gasteiger partial charge in [0, 0.05) is 0 Å². The van der Waals surface area contributed by atoms with E-state index in [-0.39, 0.29) is 0 Å². The Labute approximate surface area is 201 Å². The maximum absolute atomic E-state index is 10.2. The number of carboxylic acid groups (broad SMARTS) is 3. The van der Waals surface area contributed by atoms with Gasteiger partial charge in [0.05, 0.1) is 16.7 Å². The summed E-state index contributed by atoms with van der Waals surface area (Å²) in [7, 11) is 0. The van der Waals surface area contributed by atoms with E-state index >= 15 is 0 Å². The van der Waals surface area contributed by atoms with Crippen molar-refractivity contribution >= 4 is 40.4 Å². The molecule has 0 aliphatic rings. The molecular formula is C25H27O6Sn. The second-order valence-electron chi connectivity index (χ2n) is 6.12. The molecular weight excluding hydrogens is 515 g/mol.